The molecule has 0 saturated carbocycles. The third-order valence-electron chi connectivity index (χ3n) is 4.49. The molecule has 4 rings (SSSR count). The number of nitrogens with zero attached hydrogens (tertiary/aromatic N) is 1. The molecule has 3 aromatic rings. The molecule has 1 fully saturated rings. The molecule has 7 nitrogen and oxygen atoms in total. The molecule has 0 spiro atoms. The van der Waals surface area contributed by atoms with Gasteiger partial charge in [-0.1, -0.05) is 34.1 Å². The lowest BCUT2D eigenvalue weighted by atomic mass is 10.1. The largest absolute Gasteiger partial charge is 0.465 e. The van der Waals surface area contributed by atoms with Gasteiger partial charge in [-0.05, 0) is 48.5 Å². The second-order valence-corrected chi connectivity index (χ2v) is 7.27. The number of benzene rings is 2. The smallest absolute Gasteiger partial charge is 0.338 e. The van der Waals surface area contributed by atoms with E-state index in [0.29, 0.717) is 28.3 Å². The number of hydrogen-bond donors (Lipinski definition) is 1. The summed E-state index contributed by atoms with van der Waals surface area (Å²) < 4.78 is 11.4. The van der Waals surface area contributed by atoms with Gasteiger partial charge in [0, 0.05) is 10.0 Å². The van der Waals surface area contributed by atoms with Gasteiger partial charge in [0.15, 0.2) is 0 Å². The van der Waals surface area contributed by atoms with Crippen molar-refractivity contribution in [1.82, 2.24) is 5.43 Å². The van der Waals surface area contributed by atoms with Gasteiger partial charge in [0.2, 0.25) is 0 Å². The average molecular weight is 467 g/mol. The van der Waals surface area contributed by atoms with Crippen LogP contribution in [0.25, 0.3) is 17.4 Å². The summed E-state index contributed by atoms with van der Waals surface area (Å²) in [7, 11) is 1.30. The van der Waals surface area contributed by atoms with E-state index in [9.17, 15) is 14.4 Å². The first-order chi connectivity index (χ1) is 14.5. The standard InChI is InChI=1S/C22H15BrN2O5/c1-29-22(28)17-5-3-2-4-16(17)19-11-10-15(30-19)12-18-20(26)24-25(21(18)27)14-8-6-13(23)7-9-14/h2-12H,1H3,(H,24,26). The summed E-state index contributed by atoms with van der Waals surface area (Å²) >= 11 is 3.33. The first-order valence-electron chi connectivity index (χ1n) is 8.88. The Morgan fingerprint density at radius 1 is 1.07 bits per heavy atom. The molecule has 2 heterocycles. The zero-order chi connectivity index (χ0) is 21.3. The van der Waals surface area contributed by atoms with E-state index in [2.05, 4.69) is 21.4 Å². The number of carbonyl (C=O) groups excluding carboxylic acids is 3. The topological polar surface area (TPSA) is 88.9 Å². The SMILES string of the molecule is COC(=O)c1ccccc1-c1ccc(C=C2C(=O)NN(c3ccc(Br)cc3)C2=O)o1. The summed E-state index contributed by atoms with van der Waals surface area (Å²) in [5.74, 6) is -0.789. The number of hydrazine groups is 1. The summed E-state index contributed by atoms with van der Waals surface area (Å²) in [6, 6.07) is 17.1. The third-order valence-corrected chi connectivity index (χ3v) is 5.02. The molecule has 30 heavy (non-hydrogen) atoms. The first-order valence-corrected chi connectivity index (χ1v) is 9.67. The van der Waals surface area contributed by atoms with Crippen LogP contribution in [0.5, 0.6) is 0 Å². The predicted molar refractivity (Wildman–Crippen MR) is 113 cm³/mol. The molecule has 0 bridgehead atoms. The van der Waals surface area contributed by atoms with Gasteiger partial charge >= 0.3 is 5.97 Å². The highest BCUT2D eigenvalue weighted by molar-refractivity contribution is 9.10. The summed E-state index contributed by atoms with van der Waals surface area (Å²) in [4.78, 5) is 37.1. The van der Waals surface area contributed by atoms with E-state index in [4.69, 9.17) is 9.15 Å². The first kappa shape index (κ1) is 19.7. The maximum atomic E-state index is 12.7. The van der Waals surface area contributed by atoms with Crippen LogP contribution in [0.2, 0.25) is 0 Å². The number of ether oxygens (including phenoxy) is 1. The number of furan rings is 1. The maximum absolute atomic E-state index is 12.7. The Balaban J connectivity index is 1.63. The highest BCUT2D eigenvalue weighted by Crippen LogP contribution is 2.28. The quantitative estimate of drug-likeness (QED) is 0.357. The summed E-state index contributed by atoms with van der Waals surface area (Å²) in [5, 5.41) is 1.18. The van der Waals surface area contributed by atoms with Crippen LogP contribution in [0, 0.1) is 0 Å². The van der Waals surface area contributed by atoms with Crippen LogP contribution in [0.15, 0.2) is 75.1 Å². The van der Waals surface area contributed by atoms with Gasteiger partial charge < -0.3 is 9.15 Å². The minimum Gasteiger partial charge on any atom is -0.465 e. The van der Waals surface area contributed by atoms with Crippen LogP contribution < -0.4 is 10.4 Å². The van der Waals surface area contributed by atoms with Gasteiger partial charge in [0.25, 0.3) is 11.8 Å². The third kappa shape index (κ3) is 3.65. The Bertz CT molecular complexity index is 1180. The molecule has 1 saturated heterocycles. The Labute approximate surface area is 180 Å². The van der Waals surface area contributed by atoms with Crippen LogP contribution in [0.4, 0.5) is 5.69 Å². The number of esters is 1. The van der Waals surface area contributed by atoms with Crippen molar-refractivity contribution in [2.24, 2.45) is 0 Å². The molecule has 150 valence electrons. The van der Waals surface area contributed by atoms with Crippen molar-refractivity contribution in [3.63, 3.8) is 0 Å². The molecule has 1 N–H and O–H groups in total. The lowest BCUT2D eigenvalue weighted by molar-refractivity contribution is -0.117. The van der Waals surface area contributed by atoms with Crippen LogP contribution >= 0.6 is 15.9 Å². The number of rotatable bonds is 4. The molecule has 0 atom stereocenters. The molecule has 0 aliphatic carbocycles. The summed E-state index contributed by atoms with van der Waals surface area (Å²) in [6.45, 7) is 0. The Morgan fingerprint density at radius 2 is 1.80 bits per heavy atom. The van der Waals surface area contributed by atoms with Crippen molar-refractivity contribution < 1.29 is 23.5 Å². The normalized spacial score (nSPS) is 14.9. The highest BCUT2D eigenvalue weighted by Gasteiger charge is 2.34. The second-order valence-electron chi connectivity index (χ2n) is 6.36. The number of nitrogens with one attached hydrogen (secondary N) is 1. The van der Waals surface area contributed by atoms with E-state index in [0.717, 1.165) is 4.47 Å². The van der Waals surface area contributed by atoms with Gasteiger partial charge in [0.1, 0.15) is 17.1 Å². The molecule has 8 heteroatoms. The molecule has 1 aliphatic heterocycles. The predicted octanol–water partition coefficient (Wildman–Crippen LogP) is 3.96. The van der Waals surface area contributed by atoms with Crippen LogP contribution in [-0.4, -0.2) is 24.9 Å². The van der Waals surface area contributed by atoms with Crippen molar-refractivity contribution in [3.8, 4) is 11.3 Å². The van der Waals surface area contributed by atoms with Crippen molar-refractivity contribution in [1.29, 1.82) is 0 Å². The van der Waals surface area contributed by atoms with Gasteiger partial charge in [-0.25, -0.2) is 9.80 Å². The minimum absolute atomic E-state index is 0.0555. The van der Waals surface area contributed by atoms with Crippen molar-refractivity contribution in [3.05, 3.63) is 82.0 Å². The monoisotopic (exact) mass is 466 g/mol. The number of amides is 2. The van der Waals surface area contributed by atoms with E-state index >= 15 is 0 Å². The molecule has 2 amide bonds. The van der Waals surface area contributed by atoms with Gasteiger partial charge in [-0.2, -0.15) is 0 Å². The fourth-order valence-corrected chi connectivity index (χ4v) is 3.30. The van der Waals surface area contributed by atoms with E-state index in [1.807, 2.05) is 0 Å². The number of anilines is 1. The van der Waals surface area contributed by atoms with E-state index in [1.165, 1.54) is 18.2 Å². The van der Waals surface area contributed by atoms with E-state index in [-0.39, 0.29) is 5.57 Å². The average Bonchev–Trinajstić information content (AvgIpc) is 3.34. The van der Waals surface area contributed by atoms with Gasteiger partial charge in [-0.3, -0.25) is 15.0 Å². The van der Waals surface area contributed by atoms with Crippen LogP contribution in [-0.2, 0) is 14.3 Å². The van der Waals surface area contributed by atoms with Crippen molar-refractivity contribution in [2.45, 2.75) is 0 Å². The Kier molecular flexibility index (Phi) is 5.24. The van der Waals surface area contributed by atoms with Gasteiger partial charge in [0.05, 0.1) is 18.4 Å². The zero-order valence-electron chi connectivity index (χ0n) is 15.7. The molecule has 0 radical (unpaired) electrons. The maximum Gasteiger partial charge on any atom is 0.338 e. The van der Waals surface area contributed by atoms with Crippen LogP contribution in [0.3, 0.4) is 0 Å². The molecule has 1 aliphatic rings. The number of hydrogen-bond acceptors (Lipinski definition) is 5. The Hall–Kier alpha value is -3.65. The molecule has 0 unspecified atom stereocenters. The lowest BCUT2D eigenvalue weighted by Gasteiger charge is -2.14. The molecule has 1 aromatic heterocycles. The highest BCUT2D eigenvalue weighted by atomic mass is 79.9. The van der Waals surface area contributed by atoms with Crippen LogP contribution in [0.1, 0.15) is 16.1 Å². The minimum atomic E-state index is -0.532. The fraction of sp³-hybridized carbons (Fsp3) is 0.0455. The fourth-order valence-electron chi connectivity index (χ4n) is 3.03. The molecule has 2 aromatic carbocycles. The molecular weight excluding hydrogens is 452 g/mol. The Morgan fingerprint density at radius 3 is 2.53 bits per heavy atom. The van der Waals surface area contributed by atoms with Crippen molar-refractivity contribution in [2.75, 3.05) is 12.1 Å². The second kappa shape index (κ2) is 8.00. The van der Waals surface area contributed by atoms with Gasteiger partial charge in [-0.15, -0.1) is 0 Å². The van der Waals surface area contributed by atoms with E-state index in [1.54, 1.807) is 60.7 Å². The van der Waals surface area contributed by atoms with E-state index < -0.39 is 17.8 Å². The number of carbonyl (C=O) groups is 3. The summed E-state index contributed by atoms with van der Waals surface area (Å²) in [6.07, 6.45) is 1.38. The number of halogens is 1. The molecular formula is C22H15BrN2O5. The lowest BCUT2D eigenvalue weighted by Crippen LogP contribution is -2.35. The number of methoxy groups -OCH3 is 1. The van der Waals surface area contributed by atoms with Crippen molar-refractivity contribution >= 4 is 45.5 Å². The summed E-state index contributed by atoms with van der Waals surface area (Å²) in [5.41, 5.74) is 3.92. The zero-order valence-corrected chi connectivity index (χ0v) is 17.3.